The van der Waals surface area contributed by atoms with Crippen molar-refractivity contribution in [3.05, 3.63) is 37.9 Å². The van der Waals surface area contributed by atoms with Crippen LogP contribution in [0.2, 0.25) is 5.02 Å². The summed E-state index contributed by atoms with van der Waals surface area (Å²) in [5.74, 6) is -0.901. The minimum Gasteiger partial charge on any atom is -0.481 e. The van der Waals surface area contributed by atoms with Gasteiger partial charge in [0.15, 0.2) is 5.13 Å². The average molecular weight is 423 g/mol. The van der Waals surface area contributed by atoms with E-state index in [1.54, 1.807) is 19.2 Å². The quantitative estimate of drug-likeness (QED) is 0.712. The van der Waals surface area contributed by atoms with E-state index >= 15 is 0 Å². The van der Waals surface area contributed by atoms with Gasteiger partial charge in [-0.15, -0.1) is 11.3 Å². The van der Waals surface area contributed by atoms with Gasteiger partial charge in [-0.05, 0) is 54.6 Å². The molecular weight excluding hydrogens is 411 g/mol. The minimum atomic E-state index is -1.01. The van der Waals surface area contributed by atoms with Gasteiger partial charge in [-0.3, -0.25) is 4.79 Å². The largest absolute Gasteiger partial charge is 0.481 e. The van der Waals surface area contributed by atoms with E-state index in [1.807, 2.05) is 18.2 Å². The summed E-state index contributed by atoms with van der Waals surface area (Å²) in [6.07, 6.45) is 0. The maximum Gasteiger partial charge on any atom is 0.315 e. The maximum absolute atomic E-state index is 11.2. The zero-order valence-corrected chi connectivity index (χ0v) is 14.5. The average Bonchev–Trinajstić information content (AvgIpc) is 2.81. The molecule has 0 aliphatic carbocycles. The number of hydrogen-bond donors (Lipinski definition) is 2. The van der Waals surface area contributed by atoms with Gasteiger partial charge in [-0.2, -0.15) is 0 Å². The SMILES string of the molecule is CC(C)(C(=O)O)c1csc(Nc2ccc(I)cc2Cl)n1. The van der Waals surface area contributed by atoms with E-state index in [2.05, 4.69) is 32.9 Å². The Kier molecular flexibility index (Phi) is 4.55. The third-order valence-electron chi connectivity index (χ3n) is 2.85. The lowest BCUT2D eigenvalue weighted by molar-refractivity contribution is -0.142. The first-order valence-corrected chi connectivity index (χ1v) is 8.06. The summed E-state index contributed by atoms with van der Waals surface area (Å²) in [6.45, 7) is 3.26. The van der Waals surface area contributed by atoms with E-state index in [4.69, 9.17) is 11.6 Å². The normalized spacial score (nSPS) is 11.4. The fraction of sp³-hybridized carbons (Fsp3) is 0.231. The Hall–Kier alpha value is -0.860. The van der Waals surface area contributed by atoms with Crippen LogP contribution in [0.15, 0.2) is 23.6 Å². The van der Waals surface area contributed by atoms with Crippen molar-refractivity contribution in [3.8, 4) is 0 Å². The first-order valence-electron chi connectivity index (χ1n) is 5.72. The molecule has 0 aliphatic heterocycles. The number of thiazole rings is 1. The summed E-state index contributed by atoms with van der Waals surface area (Å²) in [6, 6.07) is 5.65. The number of carbonyl (C=O) groups is 1. The fourth-order valence-electron chi connectivity index (χ4n) is 1.43. The van der Waals surface area contributed by atoms with E-state index in [-0.39, 0.29) is 0 Å². The standard InChI is InChI=1S/C13H12ClIN2O2S/c1-13(2,11(18)19)10-6-20-12(17-10)16-9-4-3-7(15)5-8(9)14/h3-6H,1-2H3,(H,16,17)(H,18,19). The summed E-state index contributed by atoms with van der Waals surface area (Å²) in [7, 11) is 0. The first-order chi connectivity index (χ1) is 9.30. The summed E-state index contributed by atoms with van der Waals surface area (Å²) >= 11 is 9.68. The van der Waals surface area contributed by atoms with Crippen LogP contribution in [0.5, 0.6) is 0 Å². The lowest BCUT2D eigenvalue weighted by atomic mass is 9.90. The van der Waals surface area contributed by atoms with Gasteiger partial charge in [0.25, 0.3) is 0 Å². The van der Waals surface area contributed by atoms with Crippen molar-refractivity contribution in [2.45, 2.75) is 19.3 Å². The number of carboxylic acid groups (broad SMARTS) is 1. The molecule has 0 aliphatic rings. The molecule has 0 spiro atoms. The molecule has 20 heavy (non-hydrogen) atoms. The molecule has 0 saturated heterocycles. The van der Waals surface area contributed by atoms with Crippen molar-refractivity contribution in [2.75, 3.05) is 5.32 Å². The highest BCUT2D eigenvalue weighted by molar-refractivity contribution is 14.1. The Balaban J connectivity index is 2.24. The van der Waals surface area contributed by atoms with E-state index in [9.17, 15) is 9.90 Å². The Morgan fingerprint density at radius 1 is 1.50 bits per heavy atom. The second-order valence-electron chi connectivity index (χ2n) is 4.72. The predicted octanol–water partition coefficient (Wildman–Crippen LogP) is 4.51. The maximum atomic E-state index is 11.2. The van der Waals surface area contributed by atoms with Crippen molar-refractivity contribution in [2.24, 2.45) is 0 Å². The van der Waals surface area contributed by atoms with Gasteiger partial charge in [0.05, 0.1) is 16.4 Å². The van der Waals surface area contributed by atoms with Crippen molar-refractivity contribution in [1.29, 1.82) is 0 Å². The molecule has 2 rings (SSSR count). The number of nitrogens with one attached hydrogen (secondary N) is 1. The molecule has 2 N–H and O–H groups in total. The van der Waals surface area contributed by atoms with Crippen molar-refractivity contribution >= 4 is 62.3 Å². The lowest BCUT2D eigenvalue weighted by Crippen LogP contribution is -2.28. The molecule has 0 unspecified atom stereocenters. The van der Waals surface area contributed by atoms with Crippen LogP contribution in [0, 0.1) is 3.57 Å². The van der Waals surface area contributed by atoms with Gasteiger partial charge in [0, 0.05) is 8.95 Å². The van der Waals surface area contributed by atoms with Crippen molar-refractivity contribution in [1.82, 2.24) is 4.98 Å². The van der Waals surface area contributed by atoms with Crippen LogP contribution in [0.25, 0.3) is 0 Å². The van der Waals surface area contributed by atoms with Gasteiger partial charge in [-0.1, -0.05) is 11.6 Å². The third kappa shape index (κ3) is 3.24. The van der Waals surface area contributed by atoms with Gasteiger partial charge < -0.3 is 10.4 Å². The molecule has 7 heteroatoms. The number of aromatic nitrogens is 1. The summed E-state index contributed by atoms with van der Waals surface area (Å²) in [5.41, 5.74) is 0.270. The number of halogens is 2. The van der Waals surface area contributed by atoms with Crippen LogP contribution in [0.1, 0.15) is 19.5 Å². The second kappa shape index (κ2) is 5.87. The molecule has 0 amide bonds. The number of nitrogens with zero attached hydrogens (tertiary/aromatic N) is 1. The van der Waals surface area contributed by atoms with E-state index in [0.29, 0.717) is 15.8 Å². The number of carboxylic acids is 1. The van der Waals surface area contributed by atoms with Crippen LogP contribution in [-0.2, 0) is 10.2 Å². The number of hydrogen-bond acceptors (Lipinski definition) is 4. The number of anilines is 2. The first kappa shape index (κ1) is 15.5. The van der Waals surface area contributed by atoms with Gasteiger partial charge in [-0.25, -0.2) is 4.98 Å². The van der Waals surface area contributed by atoms with Crippen LogP contribution >= 0.6 is 45.5 Å². The van der Waals surface area contributed by atoms with E-state index in [1.165, 1.54) is 11.3 Å². The molecular formula is C13H12ClIN2O2S. The van der Waals surface area contributed by atoms with Crippen LogP contribution in [0.3, 0.4) is 0 Å². The van der Waals surface area contributed by atoms with Crippen LogP contribution < -0.4 is 5.32 Å². The fourth-order valence-corrected chi connectivity index (χ4v) is 3.23. The Morgan fingerprint density at radius 2 is 2.20 bits per heavy atom. The van der Waals surface area contributed by atoms with Gasteiger partial charge in [0.1, 0.15) is 5.41 Å². The van der Waals surface area contributed by atoms with Crippen molar-refractivity contribution < 1.29 is 9.90 Å². The minimum absolute atomic E-state index is 0.527. The molecule has 106 valence electrons. The molecule has 0 radical (unpaired) electrons. The summed E-state index contributed by atoms with van der Waals surface area (Å²) < 4.78 is 1.05. The van der Waals surface area contributed by atoms with Gasteiger partial charge >= 0.3 is 5.97 Å². The lowest BCUT2D eigenvalue weighted by Gasteiger charge is -2.15. The van der Waals surface area contributed by atoms with Crippen LogP contribution in [-0.4, -0.2) is 16.1 Å². The molecule has 0 bridgehead atoms. The molecule has 1 heterocycles. The number of benzene rings is 1. The van der Waals surface area contributed by atoms with E-state index in [0.717, 1.165) is 9.26 Å². The number of aliphatic carboxylic acids is 1. The Bertz CT molecular complexity index is 658. The monoisotopic (exact) mass is 422 g/mol. The third-order valence-corrected chi connectivity index (χ3v) is 4.59. The molecule has 4 nitrogen and oxygen atoms in total. The van der Waals surface area contributed by atoms with Crippen LogP contribution in [0.4, 0.5) is 10.8 Å². The summed E-state index contributed by atoms with van der Waals surface area (Å²) in [4.78, 5) is 15.5. The smallest absolute Gasteiger partial charge is 0.315 e. The molecule has 2 aromatic rings. The molecule has 1 aromatic carbocycles. The number of rotatable bonds is 4. The Labute approximate surface area is 139 Å². The predicted molar refractivity (Wildman–Crippen MR) is 90.2 cm³/mol. The zero-order valence-electron chi connectivity index (χ0n) is 10.8. The molecule has 0 saturated carbocycles. The Morgan fingerprint density at radius 3 is 2.80 bits per heavy atom. The summed E-state index contributed by atoms with van der Waals surface area (Å²) in [5, 5.41) is 15.3. The molecule has 0 atom stereocenters. The van der Waals surface area contributed by atoms with Gasteiger partial charge in [0.2, 0.25) is 0 Å². The highest BCUT2D eigenvalue weighted by atomic mass is 127. The highest BCUT2D eigenvalue weighted by Crippen LogP contribution is 2.31. The second-order valence-corrected chi connectivity index (χ2v) is 7.23. The zero-order chi connectivity index (χ0) is 14.9. The van der Waals surface area contributed by atoms with E-state index < -0.39 is 11.4 Å². The molecule has 1 aromatic heterocycles. The van der Waals surface area contributed by atoms with Crippen molar-refractivity contribution in [3.63, 3.8) is 0 Å². The highest BCUT2D eigenvalue weighted by Gasteiger charge is 2.32. The molecule has 0 fully saturated rings. The topological polar surface area (TPSA) is 62.2 Å².